The van der Waals surface area contributed by atoms with Gasteiger partial charge >= 0.3 is 11.9 Å². The molecule has 12 heteroatoms. The first kappa shape index (κ1) is 30.0. The number of Topliss-reactive ketones (excluding diaryl/α,β-unsaturated/α-hetero) is 1. The van der Waals surface area contributed by atoms with Crippen LogP contribution in [0.5, 0.6) is 5.75 Å². The number of thioether (sulfide) groups is 1. The maximum absolute atomic E-state index is 14.6. The van der Waals surface area contributed by atoms with Crippen molar-refractivity contribution in [3.63, 3.8) is 0 Å². The first-order valence-electron chi connectivity index (χ1n) is 13.6. The van der Waals surface area contributed by atoms with Crippen LogP contribution in [0.25, 0.3) is 16.5 Å². The molecular formula is C33H24FN3O6S2. The Labute approximate surface area is 264 Å². The van der Waals surface area contributed by atoms with Crippen LogP contribution < -0.4 is 9.64 Å². The van der Waals surface area contributed by atoms with E-state index >= 15 is 0 Å². The molecule has 1 saturated heterocycles. The maximum atomic E-state index is 14.6. The molecule has 0 spiro atoms. The van der Waals surface area contributed by atoms with E-state index in [0.29, 0.717) is 15.7 Å². The Balaban J connectivity index is 1.39. The zero-order valence-electron chi connectivity index (χ0n) is 23.9. The van der Waals surface area contributed by atoms with Gasteiger partial charge in [-0.2, -0.15) is 0 Å². The molecule has 1 fully saturated rings. The number of hydrogen-bond acceptors (Lipinski definition) is 10. The van der Waals surface area contributed by atoms with Gasteiger partial charge < -0.3 is 14.6 Å². The molecule has 1 aliphatic rings. The maximum Gasteiger partial charge on any atom is 0.337 e. The predicted octanol–water partition coefficient (Wildman–Crippen LogP) is 6.54. The summed E-state index contributed by atoms with van der Waals surface area (Å²) in [6, 6.07) is 22.8. The Morgan fingerprint density at radius 2 is 1.71 bits per heavy atom. The minimum atomic E-state index is -1.15. The number of aromatic nitrogens is 2. The molecule has 1 amide bonds. The summed E-state index contributed by atoms with van der Waals surface area (Å²) in [5.74, 6) is -3.27. The Hall–Kier alpha value is -5.07. The van der Waals surface area contributed by atoms with Crippen molar-refractivity contribution in [1.29, 1.82) is 0 Å². The highest BCUT2D eigenvalue weighted by Gasteiger charge is 2.48. The van der Waals surface area contributed by atoms with Crippen molar-refractivity contribution in [1.82, 2.24) is 10.2 Å². The summed E-state index contributed by atoms with van der Waals surface area (Å²) in [5.41, 5.74) is 1.46. The van der Waals surface area contributed by atoms with Gasteiger partial charge in [0.05, 0.1) is 31.4 Å². The lowest BCUT2D eigenvalue weighted by Crippen LogP contribution is -2.29. The van der Waals surface area contributed by atoms with Gasteiger partial charge in [0, 0.05) is 11.3 Å². The third-order valence-corrected chi connectivity index (χ3v) is 9.45. The van der Waals surface area contributed by atoms with Crippen molar-refractivity contribution in [2.75, 3.05) is 19.1 Å². The summed E-state index contributed by atoms with van der Waals surface area (Å²) < 4.78 is 24.9. The number of anilines is 1. The van der Waals surface area contributed by atoms with E-state index in [2.05, 4.69) is 16.3 Å². The van der Waals surface area contributed by atoms with Gasteiger partial charge in [0.25, 0.3) is 5.78 Å². The van der Waals surface area contributed by atoms with Gasteiger partial charge in [0.1, 0.15) is 5.76 Å². The van der Waals surface area contributed by atoms with Crippen LogP contribution in [-0.2, 0) is 20.1 Å². The second-order valence-corrected chi connectivity index (χ2v) is 12.1. The van der Waals surface area contributed by atoms with Crippen LogP contribution in [0, 0.1) is 5.82 Å². The monoisotopic (exact) mass is 641 g/mol. The summed E-state index contributed by atoms with van der Waals surface area (Å²) in [6.45, 7) is 0. The van der Waals surface area contributed by atoms with Crippen molar-refractivity contribution >= 4 is 62.4 Å². The normalized spacial score (nSPS) is 15.9. The molecule has 4 aromatic carbocycles. The lowest BCUT2D eigenvalue weighted by atomic mass is 9.94. The Morgan fingerprint density at radius 1 is 0.978 bits per heavy atom. The van der Waals surface area contributed by atoms with Gasteiger partial charge in [0.2, 0.25) is 5.13 Å². The lowest BCUT2D eigenvalue weighted by Gasteiger charge is -2.22. The summed E-state index contributed by atoms with van der Waals surface area (Å²) in [7, 11) is 2.56. The second-order valence-electron chi connectivity index (χ2n) is 9.91. The minimum absolute atomic E-state index is 0.0222. The van der Waals surface area contributed by atoms with Crippen molar-refractivity contribution in [3.8, 4) is 5.75 Å². The van der Waals surface area contributed by atoms with Gasteiger partial charge in [-0.1, -0.05) is 77.7 Å². The molecule has 9 nitrogen and oxygen atoms in total. The number of carbonyl (C=O) groups is 3. The number of ether oxygens (including phenoxy) is 2. The van der Waals surface area contributed by atoms with Crippen LogP contribution in [0.3, 0.4) is 0 Å². The van der Waals surface area contributed by atoms with Crippen LogP contribution in [0.15, 0.2) is 94.8 Å². The molecule has 0 bridgehead atoms. The fourth-order valence-electron chi connectivity index (χ4n) is 5.15. The first-order valence-corrected chi connectivity index (χ1v) is 15.4. The molecule has 1 N–H and O–H groups in total. The van der Waals surface area contributed by atoms with Gasteiger partial charge in [-0.25, -0.2) is 9.18 Å². The van der Waals surface area contributed by atoms with E-state index in [1.807, 2.05) is 36.4 Å². The molecule has 0 aliphatic carbocycles. The van der Waals surface area contributed by atoms with E-state index in [1.54, 1.807) is 12.1 Å². The first-order chi connectivity index (χ1) is 21.8. The van der Waals surface area contributed by atoms with E-state index in [1.165, 1.54) is 55.1 Å². The number of esters is 1. The standard InChI is InChI=1S/C33H24FN3O6S2/c1-42-25-15-14-21(16-24(25)34)28(38)26-27(19-10-12-20(13-11-19)31(41)43-2)37(30(40)29(26)39)32-35-36-33(45-32)44-17-22-8-5-7-18-6-3-4-9-23(18)22/h3-16,27,38H,17H2,1-2H3/t27-/m1/s1. The fourth-order valence-corrected chi connectivity index (χ4v) is 7.02. The third-order valence-electron chi connectivity index (χ3n) is 7.35. The molecule has 1 atom stereocenters. The van der Waals surface area contributed by atoms with Crippen LogP contribution in [-0.4, -0.2) is 47.2 Å². The quantitative estimate of drug-likeness (QED) is 0.0503. The Morgan fingerprint density at radius 3 is 2.44 bits per heavy atom. The molecule has 0 saturated carbocycles. The summed E-state index contributed by atoms with van der Waals surface area (Å²) in [6.07, 6.45) is 0. The van der Waals surface area contributed by atoms with Crippen LogP contribution in [0.4, 0.5) is 9.52 Å². The van der Waals surface area contributed by atoms with E-state index < -0.39 is 35.3 Å². The lowest BCUT2D eigenvalue weighted by molar-refractivity contribution is -0.132. The van der Waals surface area contributed by atoms with Crippen molar-refractivity contribution in [2.45, 2.75) is 16.1 Å². The Bertz CT molecular complexity index is 1990. The fraction of sp³-hybridized carbons (Fsp3) is 0.121. The van der Waals surface area contributed by atoms with Gasteiger partial charge in [-0.3, -0.25) is 14.5 Å². The molecular weight excluding hydrogens is 618 g/mol. The van der Waals surface area contributed by atoms with E-state index in [9.17, 15) is 23.9 Å². The number of carbonyl (C=O) groups excluding carboxylic acids is 3. The molecule has 2 heterocycles. The molecule has 1 aliphatic heterocycles. The molecule has 6 rings (SSSR count). The van der Waals surface area contributed by atoms with Gasteiger partial charge in [-0.15, -0.1) is 10.2 Å². The number of aliphatic hydroxyl groups excluding tert-OH is 1. The number of benzene rings is 4. The number of nitrogens with zero attached hydrogens (tertiary/aromatic N) is 3. The predicted molar refractivity (Wildman–Crippen MR) is 169 cm³/mol. The van der Waals surface area contributed by atoms with Crippen molar-refractivity contribution < 1.29 is 33.4 Å². The number of hydrogen-bond donors (Lipinski definition) is 1. The summed E-state index contributed by atoms with van der Waals surface area (Å²) in [5, 5.41) is 22.2. The number of rotatable bonds is 8. The molecule has 1 aromatic heterocycles. The van der Waals surface area contributed by atoms with Crippen LogP contribution >= 0.6 is 23.1 Å². The van der Waals surface area contributed by atoms with Gasteiger partial charge in [-0.05, 0) is 52.2 Å². The summed E-state index contributed by atoms with van der Waals surface area (Å²) in [4.78, 5) is 40.3. The average Bonchev–Trinajstić information content (AvgIpc) is 3.64. The van der Waals surface area contributed by atoms with Crippen LogP contribution in [0.2, 0.25) is 0 Å². The van der Waals surface area contributed by atoms with E-state index in [0.717, 1.165) is 33.7 Å². The number of aliphatic hydroxyl groups is 1. The van der Waals surface area contributed by atoms with Crippen LogP contribution in [0.1, 0.15) is 33.1 Å². The third kappa shape index (κ3) is 5.65. The zero-order chi connectivity index (χ0) is 31.7. The summed E-state index contributed by atoms with van der Waals surface area (Å²) >= 11 is 2.57. The highest BCUT2D eigenvalue weighted by atomic mass is 32.2. The van der Waals surface area contributed by atoms with Crippen molar-refractivity contribution in [2.24, 2.45) is 0 Å². The number of methoxy groups -OCH3 is 2. The smallest absolute Gasteiger partial charge is 0.337 e. The minimum Gasteiger partial charge on any atom is -0.507 e. The SMILES string of the molecule is COC(=O)c1ccc([C@@H]2C(=C(O)c3ccc(OC)c(F)c3)C(=O)C(=O)N2c2nnc(SCc3cccc4ccccc34)s2)cc1. The second kappa shape index (κ2) is 12.5. The topological polar surface area (TPSA) is 119 Å². The van der Waals surface area contributed by atoms with E-state index in [4.69, 9.17) is 9.47 Å². The van der Waals surface area contributed by atoms with Gasteiger partial charge in [0.15, 0.2) is 15.9 Å². The number of ketones is 1. The number of amides is 1. The molecule has 0 radical (unpaired) electrons. The highest BCUT2D eigenvalue weighted by molar-refractivity contribution is 8.00. The molecule has 226 valence electrons. The zero-order valence-corrected chi connectivity index (χ0v) is 25.5. The highest BCUT2D eigenvalue weighted by Crippen LogP contribution is 2.44. The molecule has 5 aromatic rings. The average molecular weight is 642 g/mol. The van der Waals surface area contributed by atoms with Crippen molar-refractivity contribution in [3.05, 3.63) is 119 Å². The number of halogens is 1. The number of fused-ring (bicyclic) bond motifs is 1. The molecule has 0 unspecified atom stereocenters. The Kier molecular flexibility index (Phi) is 8.33. The van der Waals surface area contributed by atoms with E-state index in [-0.39, 0.29) is 27.6 Å². The molecule has 45 heavy (non-hydrogen) atoms. The largest absolute Gasteiger partial charge is 0.507 e.